The Hall–Kier alpha value is -3.49. The van der Waals surface area contributed by atoms with Gasteiger partial charge in [-0.15, -0.1) is 12.4 Å². The van der Waals surface area contributed by atoms with Crippen LogP contribution in [0.5, 0.6) is 5.75 Å². The van der Waals surface area contributed by atoms with Crippen LogP contribution < -0.4 is 27.8 Å². The number of halogens is 1. The van der Waals surface area contributed by atoms with E-state index in [4.69, 9.17) is 21.9 Å². The van der Waals surface area contributed by atoms with Crippen molar-refractivity contribution in [3.8, 4) is 5.75 Å². The first-order chi connectivity index (χ1) is 23.9. The molecule has 278 valence electrons. The van der Waals surface area contributed by atoms with E-state index in [0.717, 1.165) is 17.5 Å². The largest absolute Gasteiger partial charge is 0.508 e. The van der Waals surface area contributed by atoms with Gasteiger partial charge in [0.05, 0.1) is 31.2 Å². The predicted octanol–water partition coefficient (Wildman–Crippen LogP) is 1.67. The Morgan fingerprint density at radius 2 is 1.59 bits per heavy atom. The lowest BCUT2D eigenvalue weighted by molar-refractivity contribution is -0.212. The molecule has 9 N–H and O–H groups in total. The van der Waals surface area contributed by atoms with Crippen molar-refractivity contribution >= 4 is 53.5 Å². The number of benzene rings is 2. The van der Waals surface area contributed by atoms with Crippen LogP contribution in [0.2, 0.25) is 0 Å². The van der Waals surface area contributed by atoms with E-state index >= 15 is 0 Å². The van der Waals surface area contributed by atoms with Gasteiger partial charge in [0.2, 0.25) is 11.8 Å². The molecule has 0 saturated heterocycles. The van der Waals surface area contributed by atoms with Crippen molar-refractivity contribution < 1.29 is 33.8 Å². The quantitative estimate of drug-likeness (QED) is 0.107. The van der Waals surface area contributed by atoms with E-state index in [9.17, 15) is 29.1 Å². The predicted molar refractivity (Wildman–Crippen MR) is 197 cm³/mol. The number of thioether (sulfide) groups is 1. The molecule has 6 rings (SSSR count). The summed E-state index contributed by atoms with van der Waals surface area (Å²) >= 11 is 1.48. The molecule has 4 aliphatic rings. The fraction of sp³-hybridized carbons (Fsp3) is 0.541. The second kappa shape index (κ2) is 16.9. The van der Waals surface area contributed by atoms with Crippen LogP contribution in [-0.4, -0.2) is 84.3 Å². The second-order valence-electron chi connectivity index (χ2n) is 14.2. The average Bonchev–Trinajstić information content (AvgIpc) is 3.11. The monoisotopic (exact) mass is 743 g/mol. The first-order valence-corrected chi connectivity index (χ1v) is 18.6. The lowest BCUT2D eigenvalue weighted by Crippen LogP contribution is -2.76. The molecule has 51 heavy (non-hydrogen) atoms. The number of amides is 2. The van der Waals surface area contributed by atoms with Gasteiger partial charge in [0, 0.05) is 6.04 Å². The van der Waals surface area contributed by atoms with E-state index in [1.807, 2.05) is 36.6 Å². The van der Waals surface area contributed by atoms with Crippen LogP contribution in [0.25, 0.3) is 0 Å². The van der Waals surface area contributed by atoms with Crippen LogP contribution in [0.15, 0.2) is 54.6 Å². The number of ether oxygens (including phenoxy) is 1. The molecular weight excluding hydrogens is 694 g/mol. The molecule has 0 spiro atoms. The molecule has 12 nitrogen and oxygen atoms in total. The van der Waals surface area contributed by atoms with Gasteiger partial charge in [0.25, 0.3) is 0 Å². The van der Waals surface area contributed by atoms with Crippen molar-refractivity contribution in [1.82, 2.24) is 10.6 Å². The van der Waals surface area contributed by atoms with E-state index < -0.39 is 71.0 Å². The number of phenols is 1. The molecule has 6 unspecified atom stereocenters. The normalized spacial score (nSPS) is 27.7. The molecule has 4 fully saturated rings. The standard InChI is InChI=1S/C37H49N5O7S.ClH/c1-49-35(48)37(26-15-23-14-24(31(26)40)19-36(37,18-23)32(45)27(38)16-21-6-4-3-5-7-21)30(44)20-41-34(47)29(12-13-50-2)42-33(46)28(39)17-22-8-10-25(43)11-9-22;/h3-11,23-24,26-29,31,43H,12-20,38-40H2,1-2H3,(H,41,47)(H,42,46);1H/t23?,24?,26?,27-,28-,29+,31?,36?,37?;/m0./s1. The maximum absolute atomic E-state index is 14.7. The minimum atomic E-state index is -1.93. The number of methoxy groups -OCH3 is 1. The summed E-state index contributed by atoms with van der Waals surface area (Å²) < 4.78 is 5.36. The maximum Gasteiger partial charge on any atom is 0.320 e. The molecule has 2 aromatic rings. The third-order valence-corrected chi connectivity index (χ3v) is 11.9. The Labute approximate surface area is 309 Å². The Morgan fingerprint density at radius 3 is 2.24 bits per heavy atom. The highest BCUT2D eigenvalue weighted by Crippen LogP contribution is 2.69. The number of nitrogens with one attached hydrogen (secondary N) is 2. The smallest absolute Gasteiger partial charge is 0.320 e. The summed E-state index contributed by atoms with van der Waals surface area (Å²) in [5, 5.41) is 14.9. The van der Waals surface area contributed by atoms with E-state index in [2.05, 4.69) is 10.6 Å². The van der Waals surface area contributed by atoms with Gasteiger partial charge in [-0.1, -0.05) is 42.5 Å². The molecule has 4 bridgehead atoms. The molecule has 14 heteroatoms. The van der Waals surface area contributed by atoms with Gasteiger partial charge in [0.15, 0.2) is 11.6 Å². The molecule has 0 radical (unpaired) electrons. The van der Waals surface area contributed by atoms with Crippen molar-refractivity contribution in [3.05, 3.63) is 65.7 Å². The zero-order chi connectivity index (χ0) is 36.2. The number of aromatic hydroxyl groups is 1. The van der Waals surface area contributed by atoms with Crippen molar-refractivity contribution in [2.45, 2.75) is 69.1 Å². The number of phenolic OH excluding ortho intramolecular Hbond substituents is 1. The van der Waals surface area contributed by atoms with Gasteiger partial charge in [0.1, 0.15) is 17.2 Å². The van der Waals surface area contributed by atoms with Crippen LogP contribution in [0.4, 0.5) is 0 Å². The van der Waals surface area contributed by atoms with Gasteiger partial charge in [-0.2, -0.15) is 11.8 Å². The highest BCUT2D eigenvalue weighted by Gasteiger charge is 2.77. The fourth-order valence-corrected chi connectivity index (χ4v) is 9.55. The van der Waals surface area contributed by atoms with Crippen LogP contribution in [0.3, 0.4) is 0 Å². The van der Waals surface area contributed by atoms with E-state index in [-0.39, 0.29) is 61.5 Å². The number of ketones is 2. The Morgan fingerprint density at radius 1 is 0.941 bits per heavy atom. The number of carbonyl (C=O) groups excluding carboxylic acids is 5. The molecule has 2 aromatic carbocycles. The van der Waals surface area contributed by atoms with Crippen molar-refractivity contribution in [2.75, 3.05) is 25.7 Å². The van der Waals surface area contributed by atoms with Gasteiger partial charge in [-0.3, -0.25) is 24.0 Å². The third kappa shape index (κ3) is 7.83. The highest BCUT2D eigenvalue weighted by atomic mass is 35.5. The van der Waals surface area contributed by atoms with E-state index in [1.54, 1.807) is 12.1 Å². The number of rotatable bonds is 16. The Kier molecular flexibility index (Phi) is 13.3. The number of carbonyl (C=O) groups is 5. The van der Waals surface area contributed by atoms with Gasteiger partial charge in [-0.25, -0.2) is 0 Å². The SMILES string of the molecule is COC(=O)C1(C(=O)CNC(=O)[C@@H](CCSC)NC(=O)[C@@H](N)Cc2ccc(O)cc2)C2CC3CC(CC1(C(=O)[C@@H](N)Cc1ccccc1)C3)C2N.Cl. The molecule has 0 aliphatic heterocycles. The summed E-state index contributed by atoms with van der Waals surface area (Å²) in [4.78, 5) is 70.2. The third-order valence-electron chi connectivity index (χ3n) is 11.2. The van der Waals surface area contributed by atoms with Gasteiger partial charge >= 0.3 is 5.97 Å². The number of nitrogens with two attached hydrogens (primary N) is 3. The molecule has 0 aromatic heterocycles. The summed E-state index contributed by atoms with van der Waals surface area (Å²) in [6.07, 6.45) is 4.39. The number of esters is 1. The number of Topliss-reactive ketones (excluding diaryl/α,β-unsaturated/α-hetero) is 2. The number of hydrogen-bond acceptors (Lipinski definition) is 11. The molecule has 4 aliphatic carbocycles. The Balaban J connectivity index is 0.00000583. The highest BCUT2D eigenvalue weighted by molar-refractivity contribution is 7.98. The van der Waals surface area contributed by atoms with Gasteiger partial charge in [-0.05, 0) is 98.0 Å². The average molecular weight is 744 g/mol. The summed E-state index contributed by atoms with van der Waals surface area (Å²) in [5.74, 6) is -3.00. The zero-order valence-electron chi connectivity index (χ0n) is 29.0. The molecule has 9 atom stereocenters. The minimum Gasteiger partial charge on any atom is -0.508 e. The summed E-state index contributed by atoms with van der Waals surface area (Å²) in [6, 6.07) is 12.2. The van der Waals surface area contributed by atoms with Crippen LogP contribution in [0, 0.1) is 28.6 Å². The topological polar surface area (TPSA) is 217 Å². The lowest BCUT2D eigenvalue weighted by atomic mass is 9.35. The van der Waals surface area contributed by atoms with Crippen molar-refractivity contribution in [3.63, 3.8) is 0 Å². The van der Waals surface area contributed by atoms with E-state index in [1.165, 1.54) is 31.0 Å². The maximum atomic E-state index is 14.7. The fourth-order valence-electron chi connectivity index (χ4n) is 9.08. The molecule has 2 amide bonds. The summed E-state index contributed by atoms with van der Waals surface area (Å²) in [5.41, 5.74) is 17.8. The summed E-state index contributed by atoms with van der Waals surface area (Å²) in [7, 11) is 1.20. The molecule has 4 saturated carbocycles. The first-order valence-electron chi connectivity index (χ1n) is 17.2. The van der Waals surface area contributed by atoms with Crippen molar-refractivity contribution in [2.24, 2.45) is 45.8 Å². The second-order valence-corrected chi connectivity index (χ2v) is 15.2. The lowest BCUT2D eigenvalue weighted by Gasteiger charge is -2.66. The van der Waals surface area contributed by atoms with Crippen LogP contribution in [-0.2, 0) is 41.6 Å². The minimum absolute atomic E-state index is 0. The first kappa shape index (κ1) is 40.3. The van der Waals surface area contributed by atoms with Crippen LogP contribution >= 0.6 is 24.2 Å². The zero-order valence-corrected chi connectivity index (χ0v) is 30.7. The molecular formula is C37H50ClN5O7S. The molecule has 0 heterocycles. The van der Waals surface area contributed by atoms with Gasteiger partial charge < -0.3 is 37.7 Å². The summed E-state index contributed by atoms with van der Waals surface area (Å²) in [6.45, 7) is -0.569. The Bertz CT molecular complexity index is 1580. The number of hydrogen-bond donors (Lipinski definition) is 6. The van der Waals surface area contributed by atoms with E-state index in [0.29, 0.717) is 18.6 Å². The van der Waals surface area contributed by atoms with Crippen LogP contribution in [0.1, 0.15) is 43.2 Å². The van der Waals surface area contributed by atoms with Crippen molar-refractivity contribution in [1.29, 1.82) is 0 Å².